The van der Waals surface area contributed by atoms with Crippen LogP contribution in [0.5, 0.6) is 0 Å². The maximum absolute atomic E-state index is 11.4. The van der Waals surface area contributed by atoms with Crippen LogP contribution < -0.4 is 10.6 Å². The first-order valence-corrected chi connectivity index (χ1v) is 6.65. The fraction of sp³-hybridized carbons (Fsp3) is 0.429. The Morgan fingerprint density at radius 1 is 1.32 bits per heavy atom. The van der Waals surface area contributed by atoms with E-state index in [2.05, 4.69) is 10.6 Å². The van der Waals surface area contributed by atoms with Crippen molar-refractivity contribution in [3.05, 3.63) is 35.4 Å². The van der Waals surface area contributed by atoms with E-state index >= 15 is 0 Å². The third-order valence-corrected chi connectivity index (χ3v) is 2.58. The molecule has 0 fully saturated rings. The van der Waals surface area contributed by atoms with E-state index in [0.29, 0.717) is 19.1 Å². The van der Waals surface area contributed by atoms with Crippen LogP contribution in [-0.2, 0) is 11.3 Å². The zero-order valence-corrected chi connectivity index (χ0v) is 12.3. The summed E-state index contributed by atoms with van der Waals surface area (Å²) in [4.78, 5) is 11.4. The highest BCUT2D eigenvalue weighted by Gasteiger charge is 2.06. The average Bonchev–Trinajstić information content (AvgIpc) is 2.36. The van der Waals surface area contributed by atoms with Gasteiger partial charge in [-0.05, 0) is 30.6 Å². The Labute approximate surface area is 119 Å². The Kier molecular flexibility index (Phi) is 6.29. The van der Waals surface area contributed by atoms with E-state index in [1.165, 1.54) is 5.56 Å². The zero-order chi connectivity index (χ0) is 14.3. The third-order valence-electron chi connectivity index (χ3n) is 2.34. The predicted octanol–water partition coefficient (Wildman–Crippen LogP) is 2.75. The summed E-state index contributed by atoms with van der Waals surface area (Å²) in [5.74, 6) is 0.305. The van der Waals surface area contributed by atoms with Gasteiger partial charge in [0, 0.05) is 6.54 Å². The molecule has 0 radical (unpaired) electrons. The number of carbonyl (C=O) groups is 1. The molecule has 0 aliphatic rings. The van der Waals surface area contributed by atoms with E-state index < -0.39 is 6.09 Å². The van der Waals surface area contributed by atoms with Gasteiger partial charge in [-0.25, -0.2) is 4.79 Å². The number of benzene rings is 1. The molecular weight excluding hydrogens is 260 g/mol. The molecule has 0 atom stereocenters. The highest BCUT2D eigenvalue weighted by molar-refractivity contribution is 7.80. The normalized spacial score (nSPS) is 10.1. The zero-order valence-electron chi connectivity index (χ0n) is 11.5. The van der Waals surface area contributed by atoms with Gasteiger partial charge >= 0.3 is 6.09 Å². The van der Waals surface area contributed by atoms with Gasteiger partial charge in [0.05, 0.1) is 6.61 Å². The first kappa shape index (κ1) is 15.4. The van der Waals surface area contributed by atoms with Gasteiger partial charge in [0.25, 0.3) is 0 Å². The lowest BCUT2D eigenvalue weighted by Gasteiger charge is -2.11. The molecule has 0 unspecified atom stereocenters. The smallest absolute Gasteiger partial charge is 0.413 e. The van der Waals surface area contributed by atoms with Crippen LogP contribution in [0.4, 0.5) is 4.79 Å². The molecule has 0 aromatic heterocycles. The average molecular weight is 280 g/mol. The van der Waals surface area contributed by atoms with Crippen LogP contribution in [-0.4, -0.2) is 17.8 Å². The maximum Gasteiger partial charge on any atom is 0.413 e. The minimum Gasteiger partial charge on any atom is -0.449 e. The van der Waals surface area contributed by atoms with Crippen molar-refractivity contribution >= 4 is 23.4 Å². The van der Waals surface area contributed by atoms with Crippen molar-refractivity contribution in [2.45, 2.75) is 27.3 Å². The monoisotopic (exact) mass is 280 g/mol. The van der Waals surface area contributed by atoms with Crippen LogP contribution in [0.3, 0.4) is 0 Å². The molecule has 0 aliphatic heterocycles. The van der Waals surface area contributed by atoms with Crippen LogP contribution in [0.2, 0.25) is 0 Å². The number of aryl methyl sites for hydroxylation is 1. The summed E-state index contributed by atoms with van der Waals surface area (Å²) in [5.41, 5.74) is 2.31. The summed E-state index contributed by atoms with van der Waals surface area (Å²) in [6.45, 7) is 6.94. The number of thiocarbonyl (C=S) groups is 1. The van der Waals surface area contributed by atoms with Crippen molar-refractivity contribution in [2.24, 2.45) is 5.92 Å². The predicted molar refractivity (Wildman–Crippen MR) is 79.9 cm³/mol. The van der Waals surface area contributed by atoms with Crippen LogP contribution in [0.15, 0.2) is 24.3 Å². The summed E-state index contributed by atoms with van der Waals surface area (Å²) < 4.78 is 4.96. The Morgan fingerprint density at radius 3 is 2.53 bits per heavy atom. The van der Waals surface area contributed by atoms with Gasteiger partial charge in [0.15, 0.2) is 5.11 Å². The molecule has 104 valence electrons. The largest absolute Gasteiger partial charge is 0.449 e. The molecule has 0 saturated heterocycles. The van der Waals surface area contributed by atoms with Crippen LogP contribution in [0.1, 0.15) is 25.0 Å². The van der Waals surface area contributed by atoms with Crippen LogP contribution in [0, 0.1) is 12.8 Å². The molecule has 1 rings (SSSR count). The van der Waals surface area contributed by atoms with Crippen molar-refractivity contribution in [1.82, 2.24) is 10.6 Å². The Balaban J connectivity index is 2.27. The first-order valence-electron chi connectivity index (χ1n) is 6.24. The molecule has 4 nitrogen and oxygen atoms in total. The summed E-state index contributed by atoms with van der Waals surface area (Å²) in [6, 6.07) is 8.10. The van der Waals surface area contributed by atoms with Gasteiger partial charge in [-0.15, -0.1) is 0 Å². The van der Waals surface area contributed by atoms with Crippen molar-refractivity contribution in [1.29, 1.82) is 0 Å². The van der Waals surface area contributed by atoms with Gasteiger partial charge < -0.3 is 10.1 Å². The number of rotatable bonds is 4. The van der Waals surface area contributed by atoms with E-state index in [4.69, 9.17) is 17.0 Å². The Morgan fingerprint density at radius 2 is 1.95 bits per heavy atom. The van der Waals surface area contributed by atoms with E-state index in [1.54, 1.807) is 0 Å². The number of hydrogen-bond donors (Lipinski definition) is 2. The molecule has 1 aromatic carbocycles. The number of ether oxygens (including phenoxy) is 1. The minimum atomic E-state index is -0.518. The first-order chi connectivity index (χ1) is 8.97. The van der Waals surface area contributed by atoms with Crippen LogP contribution in [0.25, 0.3) is 0 Å². The summed E-state index contributed by atoms with van der Waals surface area (Å²) >= 11 is 5.01. The molecule has 1 aromatic rings. The molecule has 0 heterocycles. The van der Waals surface area contributed by atoms with Crippen molar-refractivity contribution in [3.8, 4) is 0 Å². The van der Waals surface area contributed by atoms with Crippen molar-refractivity contribution in [3.63, 3.8) is 0 Å². The van der Waals surface area contributed by atoms with Gasteiger partial charge in [0.2, 0.25) is 0 Å². The highest BCUT2D eigenvalue weighted by atomic mass is 32.1. The van der Waals surface area contributed by atoms with Gasteiger partial charge in [-0.3, -0.25) is 5.32 Å². The van der Waals surface area contributed by atoms with Crippen LogP contribution >= 0.6 is 12.2 Å². The molecule has 0 bridgehead atoms. The maximum atomic E-state index is 11.4. The lowest BCUT2D eigenvalue weighted by atomic mass is 10.1. The van der Waals surface area contributed by atoms with E-state index in [9.17, 15) is 4.79 Å². The molecular formula is C14H20N2O2S. The second-order valence-corrected chi connectivity index (χ2v) is 5.19. The molecule has 19 heavy (non-hydrogen) atoms. The van der Waals surface area contributed by atoms with Crippen molar-refractivity contribution < 1.29 is 9.53 Å². The minimum absolute atomic E-state index is 0.273. The lowest BCUT2D eigenvalue weighted by Crippen LogP contribution is -2.39. The molecule has 2 N–H and O–H groups in total. The summed E-state index contributed by atoms with van der Waals surface area (Å²) in [6.07, 6.45) is -0.518. The molecule has 0 aliphatic carbocycles. The Bertz CT molecular complexity index is 430. The van der Waals surface area contributed by atoms with E-state index in [0.717, 1.165) is 5.56 Å². The summed E-state index contributed by atoms with van der Waals surface area (Å²) in [5, 5.41) is 5.71. The highest BCUT2D eigenvalue weighted by Crippen LogP contribution is 2.02. The molecule has 0 spiro atoms. The fourth-order valence-electron chi connectivity index (χ4n) is 1.30. The number of hydrogen-bond acceptors (Lipinski definition) is 3. The molecule has 0 saturated carbocycles. The number of nitrogens with one attached hydrogen (secondary N) is 2. The Hall–Kier alpha value is -1.62. The SMILES string of the molecule is Cc1ccc(CNC(=S)NC(=O)OCC(C)C)cc1. The topological polar surface area (TPSA) is 50.4 Å². The second-order valence-electron chi connectivity index (χ2n) is 4.79. The number of carbonyl (C=O) groups excluding carboxylic acids is 1. The molecule has 1 amide bonds. The quantitative estimate of drug-likeness (QED) is 0.833. The number of alkyl carbamates (subject to hydrolysis) is 1. The fourth-order valence-corrected chi connectivity index (χ4v) is 1.46. The van der Waals surface area contributed by atoms with Gasteiger partial charge in [0.1, 0.15) is 0 Å². The van der Waals surface area contributed by atoms with E-state index in [-0.39, 0.29) is 5.11 Å². The van der Waals surface area contributed by atoms with Gasteiger partial charge in [-0.2, -0.15) is 0 Å². The molecule has 5 heteroatoms. The third kappa shape index (κ3) is 6.76. The second kappa shape index (κ2) is 7.74. The lowest BCUT2D eigenvalue weighted by molar-refractivity contribution is 0.138. The number of amides is 1. The standard InChI is InChI=1S/C14H20N2O2S/c1-10(2)9-18-14(17)16-13(19)15-8-12-6-4-11(3)5-7-12/h4-7,10H,8-9H2,1-3H3,(H2,15,16,17,19). The van der Waals surface area contributed by atoms with Crippen molar-refractivity contribution in [2.75, 3.05) is 6.61 Å². The summed E-state index contributed by atoms with van der Waals surface area (Å²) in [7, 11) is 0. The van der Waals surface area contributed by atoms with E-state index in [1.807, 2.05) is 45.0 Å². The van der Waals surface area contributed by atoms with Gasteiger partial charge in [-0.1, -0.05) is 43.7 Å².